The van der Waals surface area contributed by atoms with Crippen molar-refractivity contribution < 1.29 is 4.79 Å². The van der Waals surface area contributed by atoms with Crippen LogP contribution in [0.25, 0.3) is 10.9 Å². The minimum Gasteiger partial charge on any atom is -0.336 e. The van der Waals surface area contributed by atoms with Gasteiger partial charge in [-0.25, -0.2) is 0 Å². The van der Waals surface area contributed by atoms with Gasteiger partial charge in [-0.05, 0) is 53.9 Å². The van der Waals surface area contributed by atoms with Crippen molar-refractivity contribution in [3.8, 4) is 0 Å². The molecule has 1 aromatic heterocycles. The number of fused-ring (bicyclic) bond motifs is 1. The minimum atomic E-state index is 0.114. The Hall–Kier alpha value is -1.42. The molecular weight excluding hydrogens is 304 g/mol. The highest BCUT2D eigenvalue weighted by Crippen LogP contribution is 2.29. The predicted molar refractivity (Wildman–Crippen MR) is 79.2 cm³/mol. The molecule has 1 aromatic carbocycles. The van der Waals surface area contributed by atoms with E-state index in [0.717, 1.165) is 40.3 Å². The summed E-state index contributed by atoms with van der Waals surface area (Å²) in [5.41, 5.74) is 1.63. The molecule has 0 bridgehead atoms. The maximum Gasteiger partial charge on any atom is 0.255 e. The maximum atomic E-state index is 12.6. The van der Waals surface area contributed by atoms with Crippen LogP contribution in [0, 0.1) is 0 Å². The number of carbonyl (C=O) groups is 1. The molecule has 0 N–H and O–H groups in total. The average molecular weight is 319 g/mol. The van der Waals surface area contributed by atoms with Crippen LogP contribution in [-0.2, 0) is 0 Å². The summed E-state index contributed by atoms with van der Waals surface area (Å²) in [5, 5.41) is 0.986. The molecule has 19 heavy (non-hydrogen) atoms. The van der Waals surface area contributed by atoms with Gasteiger partial charge in [-0.1, -0.05) is 6.07 Å². The molecular formula is C15H15BrN2O. The molecule has 0 radical (unpaired) electrons. The second kappa shape index (κ2) is 4.93. The van der Waals surface area contributed by atoms with E-state index in [1.54, 1.807) is 6.20 Å². The normalized spacial score (nSPS) is 19.1. The molecule has 1 unspecified atom stereocenters. The Balaban J connectivity index is 2.05. The molecule has 1 amide bonds. The fourth-order valence-corrected chi connectivity index (χ4v) is 3.31. The van der Waals surface area contributed by atoms with E-state index in [4.69, 9.17) is 0 Å². The number of pyridine rings is 1. The lowest BCUT2D eigenvalue weighted by atomic mass is 10.1. The summed E-state index contributed by atoms with van der Waals surface area (Å²) in [5.74, 6) is 0.114. The van der Waals surface area contributed by atoms with Gasteiger partial charge in [-0.2, -0.15) is 0 Å². The van der Waals surface area contributed by atoms with Gasteiger partial charge in [0.05, 0.1) is 11.1 Å². The summed E-state index contributed by atoms with van der Waals surface area (Å²) in [6.07, 6.45) is 3.96. The lowest BCUT2D eigenvalue weighted by molar-refractivity contribution is 0.0747. The molecule has 3 rings (SSSR count). The Morgan fingerprint density at radius 1 is 1.42 bits per heavy atom. The van der Waals surface area contributed by atoms with Crippen molar-refractivity contribution in [2.75, 3.05) is 6.54 Å². The van der Waals surface area contributed by atoms with E-state index >= 15 is 0 Å². The van der Waals surface area contributed by atoms with Crippen LogP contribution in [0.3, 0.4) is 0 Å². The summed E-state index contributed by atoms with van der Waals surface area (Å²) in [6.45, 7) is 2.97. The van der Waals surface area contributed by atoms with E-state index in [-0.39, 0.29) is 5.91 Å². The number of likely N-dealkylation sites (tertiary alicyclic amines) is 1. The largest absolute Gasteiger partial charge is 0.336 e. The van der Waals surface area contributed by atoms with Gasteiger partial charge in [0.25, 0.3) is 5.91 Å². The Morgan fingerprint density at radius 3 is 3.00 bits per heavy atom. The number of halogens is 1. The van der Waals surface area contributed by atoms with Crippen LogP contribution in [0.15, 0.2) is 34.9 Å². The van der Waals surface area contributed by atoms with Crippen LogP contribution in [0.1, 0.15) is 30.1 Å². The summed E-state index contributed by atoms with van der Waals surface area (Å²) >= 11 is 3.56. The Bertz CT molecular complexity index is 641. The summed E-state index contributed by atoms with van der Waals surface area (Å²) in [4.78, 5) is 18.9. The lowest BCUT2D eigenvalue weighted by Crippen LogP contribution is -2.33. The first kappa shape index (κ1) is 12.6. The second-order valence-corrected chi connectivity index (χ2v) is 5.78. The number of rotatable bonds is 1. The third-order valence-electron chi connectivity index (χ3n) is 3.76. The quantitative estimate of drug-likeness (QED) is 0.804. The number of hydrogen-bond donors (Lipinski definition) is 0. The van der Waals surface area contributed by atoms with E-state index < -0.39 is 0 Å². The first-order chi connectivity index (χ1) is 9.18. The van der Waals surface area contributed by atoms with Crippen molar-refractivity contribution in [2.45, 2.75) is 25.8 Å². The zero-order valence-corrected chi connectivity index (χ0v) is 12.4. The highest BCUT2D eigenvalue weighted by Gasteiger charge is 2.27. The van der Waals surface area contributed by atoms with Gasteiger partial charge in [0, 0.05) is 28.6 Å². The number of aromatic nitrogens is 1. The number of carbonyl (C=O) groups excluding carboxylic acids is 1. The van der Waals surface area contributed by atoms with Crippen LogP contribution in [0.2, 0.25) is 0 Å². The number of benzene rings is 1. The van der Waals surface area contributed by atoms with Crippen LogP contribution >= 0.6 is 15.9 Å². The molecule has 2 aromatic rings. The smallest absolute Gasteiger partial charge is 0.255 e. The zero-order valence-electron chi connectivity index (χ0n) is 10.8. The van der Waals surface area contributed by atoms with E-state index in [1.807, 2.05) is 29.2 Å². The third-order valence-corrected chi connectivity index (χ3v) is 4.62. The number of amides is 1. The van der Waals surface area contributed by atoms with Crippen LogP contribution in [0.4, 0.5) is 0 Å². The predicted octanol–water partition coefficient (Wildman–Crippen LogP) is 3.62. The van der Waals surface area contributed by atoms with Crippen LogP contribution in [0.5, 0.6) is 0 Å². The third kappa shape index (κ3) is 2.14. The molecule has 1 fully saturated rings. The van der Waals surface area contributed by atoms with Crippen molar-refractivity contribution in [3.05, 3.63) is 40.5 Å². The summed E-state index contributed by atoms with van der Waals surface area (Å²) in [6, 6.07) is 7.99. The monoisotopic (exact) mass is 318 g/mol. The Labute approximate surface area is 120 Å². The SMILES string of the molecule is CC1CCCN1C(=O)c1ccc2ncccc2c1Br. The molecule has 1 atom stereocenters. The molecule has 4 heteroatoms. The molecule has 3 nitrogen and oxygen atoms in total. The van der Waals surface area contributed by atoms with Crippen molar-refractivity contribution in [1.29, 1.82) is 0 Å². The van der Waals surface area contributed by atoms with Gasteiger partial charge in [0.1, 0.15) is 0 Å². The van der Waals surface area contributed by atoms with Gasteiger partial charge in [0.15, 0.2) is 0 Å². The molecule has 0 saturated carbocycles. The molecule has 98 valence electrons. The lowest BCUT2D eigenvalue weighted by Gasteiger charge is -2.22. The average Bonchev–Trinajstić information content (AvgIpc) is 2.85. The van der Waals surface area contributed by atoms with Crippen LogP contribution in [-0.4, -0.2) is 28.4 Å². The van der Waals surface area contributed by atoms with Crippen molar-refractivity contribution in [3.63, 3.8) is 0 Å². The molecule has 1 aliphatic heterocycles. The summed E-state index contributed by atoms with van der Waals surface area (Å²) in [7, 11) is 0. The highest BCUT2D eigenvalue weighted by molar-refractivity contribution is 9.10. The molecule has 1 aliphatic rings. The highest BCUT2D eigenvalue weighted by atomic mass is 79.9. The van der Waals surface area contributed by atoms with Crippen molar-refractivity contribution in [2.24, 2.45) is 0 Å². The minimum absolute atomic E-state index is 0.114. The zero-order chi connectivity index (χ0) is 13.4. The van der Waals surface area contributed by atoms with Gasteiger partial charge < -0.3 is 4.90 Å². The maximum absolute atomic E-state index is 12.6. The topological polar surface area (TPSA) is 33.2 Å². The van der Waals surface area contributed by atoms with E-state index in [0.29, 0.717) is 6.04 Å². The van der Waals surface area contributed by atoms with Gasteiger partial charge in [0.2, 0.25) is 0 Å². The van der Waals surface area contributed by atoms with Crippen LogP contribution < -0.4 is 0 Å². The number of nitrogens with zero attached hydrogens (tertiary/aromatic N) is 2. The molecule has 0 spiro atoms. The molecule has 2 heterocycles. The van der Waals surface area contributed by atoms with E-state index in [2.05, 4.69) is 27.8 Å². The standard InChI is InChI=1S/C15H15BrN2O/c1-10-4-3-9-18(10)15(19)12-6-7-13-11(14(12)16)5-2-8-17-13/h2,5-8,10H,3-4,9H2,1H3. The second-order valence-electron chi connectivity index (χ2n) is 4.99. The van der Waals surface area contributed by atoms with Gasteiger partial charge >= 0.3 is 0 Å². The Morgan fingerprint density at radius 2 is 2.26 bits per heavy atom. The van der Waals surface area contributed by atoms with E-state index in [9.17, 15) is 4.79 Å². The first-order valence-electron chi connectivity index (χ1n) is 6.52. The van der Waals surface area contributed by atoms with E-state index in [1.165, 1.54) is 0 Å². The fraction of sp³-hybridized carbons (Fsp3) is 0.333. The molecule has 1 saturated heterocycles. The van der Waals surface area contributed by atoms with Crippen molar-refractivity contribution >= 4 is 32.7 Å². The van der Waals surface area contributed by atoms with Gasteiger partial charge in [-0.15, -0.1) is 0 Å². The fourth-order valence-electron chi connectivity index (χ4n) is 2.67. The number of hydrogen-bond acceptors (Lipinski definition) is 2. The van der Waals surface area contributed by atoms with Gasteiger partial charge in [-0.3, -0.25) is 9.78 Å². The summed E-state index contributed by atoms with van der Waals surface area (Å²) < 4.78 is 0.849. The molecule has 0 aliphatic carbocycles. The first-order valence-corrected chi connectivity index (χ1v) is 7.32. The Kier molecular flexibility index (Phi) is 3.27. The van der Waals surface area contributed by atoms with Crippen molar-refractivity contribution in [1.82, 2.24) is 9.88 Å².